The van der Waals surface area contributed by atoms with Crippen molar-refractivity contribution in [3.05, 3.63) is 35.9 Å². The minimum atomic E-state index is -2.38. The lowest BCUT2D eigenvalue weighted by Gasteiger charge is -2.27. The van der Waals surface area contributed by atoms with Gasteiger partial charge in [0.15, 0.2) is 0 Å². The van der Waals surface area contributed by atoms with Crippen LogP contribution in [-0.4, -0.2) is 20.8 Å². The largest absolute Gasteiger partial charge is 0.352 e. The average Bonchev–Trinajstić information content (AvgIpc) is 2.19. The standard InChI is InChI=1S/C11H14Cl2O2/c1-2-9(10(12)11(13,14)15)8-6-4-3-5-7-8/h3-7,9-10,14-15H,2H2,1H3. The number of hydrogen-bond acceptors (Lipinski definition) is 2. The van der Waals surface area contributed by atoms with Gasteiger partial charge < -0.3 is 10.2 Å². The van der Waals surface area contributed by atoms with Gasteiger partial charge in [0.1, 0.15) is 5.38 Å². The molecule has 4 heteroatoms. The minimum absolute atomic E-state index is 0.180. The molecule has 1 aromatic rings. The fraction of sp³-hybridized carbons (Fsp3) is 0.455. The summed E-state index contributed by atoms with van der Waals surface area (Å²) in [7, 11) is 0. The van der Waals surface area contributed by atoms with Crippen molar-refractivity contribution in [2.24, 2.45) is 0 Å². The van der Waals surface area contributed by atoms with Crippen LogP contribution in [0.2, 0.25) is 0 Å². The van der Waals surface area contributed by atoms with E-state index in [4.69, 9.17) is 23.2 Å². The Morgan fingerprint density at radius 3 is 2.20 bits per heavy atom. The number of hydrogen-bond donors (Lipinski definition) is 2. The summed E-state index contributed by atoms with van der Waals surface area (Å²) < 4.78 is 0. The van der Waals surface area contributed by atoms with E-state index in [1.54, 1.807) is 0 Å². The molecule has 0 saturated carbocycles. The van der Waals surface area contributed by atoms with E-state index in [9.17, 15) is 10.2 Å². The number of halogens is 2. The van der Waals surface area contributed by atoms with Crippen molar-refractivity contribution in [2.75, 3.05) is 0 Å². The Balaban J connectivity index is 2.90. The highest BCUT2D eigenvalue weighted by Gasteiger charge is 2.36. The molecule has 0 bridgehead atoms. The maximum Gasteiger partial charge on any atom is 0.261 e. The molecule has 0 spiro atoms. The molecule has 2 unspecified atom stereocenters. The van der Waals surface area contributed by atoms with E-state index in [1.807, 2.05) is 37.3 Å². The van der Waals surface area contributed by atoms with Crippen LogP contribution in [0, 0.1) is 0 Å². The Kier molecular flexibility index (Phi) is 4.41. The van der Waals surface area contributed by atoms with Crippen LogP contribution < -0.4 is 0 Å². The molecule has 0 aromatic heterocycles. The summed E-state index contributed by atoms with van der Waals surface area (Å²) >= 11 is 11.3. The Hall–Kier alpha value is -0.280. The van der Waals surface area contributed by atoms with Crippen molar-refractivity contribution in [3.63, 3.8) is 0 Å². The molecule has 1 aromatic carbocycles. The molecular formula is C11H14Cl2O2. The van der Waals surface area contributed by atoms with Crippen LogP contribution in [0.25, 0.3) is 0 Å². The van der Waals surface area contributed by atoms with Gasteiger partial charge >= 0.3 is 0 Å². The van der Waals surface area contributed by atoms with Gasteiger partial charge in [0.05, 0.1) is 0 Å². The molecule has 0 heterocycles. The quantitative estimate of drug-likeness (QED) is 0.636. The lowest BCUT2D eigenvalue weighted by atomic mass is 9.92. The molecule has 2 N–H and O–H groups in total. The summed E-state index contributed by atoms with van der Waals surface area (Å²) in [5.41, 5.74) is 0.952. The van der Waals surface area contributed by atoms with Gasteiger partial charge in [-0.2, -0.15) is 0 Å². The van der Waals surface area contributed by atoms with Gasteiger partial charge in [-0.3, -0.25) is 0 Å². The molecule has 0 saturated heterocycles. The van der Waals surface area contributed by atoms with Crippen LogP contribution in [0.5, 0.6) is 0 Å². The number of alkyl halides is 2. The molecule has 0 radical (unpaired) electrons. The fourth-order valence-electron chi connectivity index (χ4n) is 1.57. The predicted molar refractivity (Wildman–Crippen MR) is 62.1 cm³/mol. The molecule has 0 aliphatic rings. The number of benzene rings is 1. The normalized spacial score (nSPS) is 16.1. The zero-order valence-corrected chi connectivity index (χ0v) is 9.91. The molecule has 1 rings (SSSR count). The summed E-state index contributed by atoms with van der Waals surface area (Å²) in [4.78, 5) is 0. The minimum Gasteiger partial charge on any atom is -0.352 e. The maximum atomic E-state index is 9.24. The zero-order chi connectivity index (χ0) is 11.5. The van der Waals surface area contributed by atoms with Crippen molar-refractivity contribution in [3.8, 4) is 0 Å². The van der Waals surface area contributed by atoms with Crippen LogP contribution >= 0.6 is 23.2 Å². The van der Waals surface area contributed by atoms with Gasteiger partial charge in [-0.25, -0.2) is 0 Å². The first-order valence-electron chi connectivity index (χ1n) is 4.79. The lowest BCUT2D eigenvalue weighted by Crippen LogP contribution is -2.36. The van der Waals surface area contributed by atoms with Crippen molar-refractivity contribution >= 4 is 23.2 Å². The summed E-state index contributed by atoms with van der Waals surface area (Å²) in [5, 5.41) is 15.2. The van der Waals surface area contributed by atoms with E-state index in [1.165, 1.54) is 0 Å². The summed E-state index contributed by atoms with van der Waals surface area (Å²) in [6, 6.07) is 9.45. The highest BCUT2D eigenvalue weighted by molar-refractivity contribution is 6.31. The molecule has 84 valence electrons. The third-order valence-electron chi connectivity index (χ3n) is 2.37. The topological polar surface area (TPSA) is 40.5 Å². The second-order valence-corrected chi connectivity index (χ2v) is 4.49. The molecule has 0 aliphatic carbocycles. The van der Waals surface area contributed by atoms with Gasteiger partial charge in [0, 0.05) is 5.92 Å². The monoisotopic (exact) mass is 248 g/mol. The van der Waals surface area contributed by atoms with Crippen molar-refractivity contribution in [1.29, 1.82) is 0 Å². The third-order valence-corrected chi connectivity index (χ3v) is 3.33. The maximum absolute atomic E-state index is 9.24. The van der Waals surface area contributed by atoms with Gasteiger partial charge in [-0.15, -0.1) is 11.6 Å². The van der Waals surface area contributed by atoms with E-state index in [-0.39, 0.29) is 5.92 Å². The number of aliphatic hydroxyl groups is 2. The third kappa shape index (κ3) is 3.35. The first-order valence-corrected chi connectivity index (χ1v) is 5.61. The van der Waals surface area contributed by atoms with Crippen LogP contribution in [0.4, 0.5) is 0 Å². The van der Waals surface area contributed by atoms with Crippen LogP contribution in [-0.2, 0) is 0 Å². The smallest absolute Gasteiger partial charge is 0.261 e. The van der Waals surface area contributed by atoms with E-state index in [0.717, 1.165) is 5.56 Å². The van der Waals surface area contributed by atoms with Gasteiger partial charge in [0.2, 0.25) is 0 Å². The van der Waals surface area contributed by atoms with E-state index < -0.39 is 10.6 Å². The summed E-state index contributed by atoms with van der Waals surface area (Å²) in [5.74, 6) is -0.180. The van der Waals surface area contributed by atoms with Crippen LogP contribution in [0.3, 0.4) is 0 Å². The van der Waals surface area contributed by atoms with E-state index in [0.29, 0.717) is 6.42 Å². The first-order chi connectivity index (χ1) is 6.96. The van der Waals surface area contributed by atoms with E-state index in [2.05, 4.69) is 0 Å². The number of rotatable bonds is 4. The highest BCUT2D eigenvalue weighted by Crippen LogP contribution is 2.34. The van der Waals surface area contributed by atoms with Crippen molar-refractivity contribution in [2.45, 2.75) is 29.9 Å². The zero-order valence-electron chi connectivity index (χ0n) is 8.40. The summed E-state index contributed by atoms with van der Waals surface area (Å²) in [6.07, 6.45) is 0.688. The lowest BCUT2D eigenvalue weighted by molar-refractivity contribution is -0.0903. The molecule has 15 heavy (non-hydrogen) atoms. The SMILES string of the molecule is CCC(c1ccccc1)C(Cl)C(O)(O)Cl. The van der Waals surface area contributed by atoms with Crippen LogP contribution in [0.1, 0.15) is 24.8 Å². The van der Waals surface area contributed by atoms with Crippen LogP contribution in [0.15, 0.2) is 30.3 Å². The molecule has 0 aliphatic heterocycles. The average molecular weight is 249 g/mol. The highest BCUT2D eigenvalue weighted by atomic mass is 35.5. The second kappa shape index (κ2) is 5.17. The molecular weight excluding hydrogens is 235 g/mol. The Morgan fingerprint density at radius 2 is 1.80 bits per heavy atom. The molecule has 2 nitrogen and oxygen atoms in total. The fourth-order valence-corrected chi connectivity index (χ4v) is 2.04. The first kappa shape index (κ1) is 12.8. The van der Waals surface area contributed by atoms with Gasteiger partial charge in [-0.1, -0.05) is 48.9 Å². The predicted octanol–water partition coefficient (Wildman–Crippen LogP) is 2.66. The van der Waals surface area contributed by atoms with Crippen molar-refractivity contribution < 1.29 is 10.2 Å². The van der Waals surface area contributed by atoms with Crippen molar-refractivity contribution in [1.82, 2.24) is 0 Å². The Labute approximate surface area is 99.5 Å². The second-order valence-electron chi connectivity index (χ2n) is 3.46. The Morgan fingerprint density at radius 1 is 1.27 bits per heavy atom. The van der Waals surface area contributed by atoms with Gasteiger partial charge in [-0.05, 0) is 12.0 Å². The Bertz CT molecular complexity index is 295. The molecule has 2 atom stereocenters. The molecule has 0 amide bonds. The van der Waals surface area contributed by atoms with E-state index >= 15 is 0 Å². The molecule has 0 fully saturated rings. The summed E-state index contributed by atoms with van der Waals surface area (Å²) in [6.45, 7) is 1.93. The van der Waals surface area contributed by atoms with Gasteiger partial charge in [0.25, 0.3) is 5.25 Å².